The molecule has 0 N–H and O–H groups in total. The molecule has 10 heteroatoms. The van der Waals surface area contributed by atoms with Gasteiger partial charge in [-0.25, -0.2) is 19.9 Å². The number of rotatable bonds is 7. The first kappa shape index (κ1) is 60.5. The van der Waals surface area contributed by atoms with Crippen LogP contribution in [0.25, 0.3) is 226 Å². The summed E-state index contributed by atoms with van der Waals surface area (Å²) in [5, 5.41) is 22.0. The summed E-state index contributed by atoms with van der Waals surface area (Å²) in [6, 6.07) is 117. The molecule has 24 rings (SSSR count). The second-order valence-electron chi connectivity index (χ2n) is 29.4. The van der Waals surface area contributed by atoms with Crippen LogP contribution < -0.4 is 10.4 Å². The van der Waals surface area contributed by atoms with E-state index in [0.717, 1.165) is 77.2 Å². The van der Waals surface area contributed by atoms with Gasteiger partial charge in [0.2, 0.25) is 11.9 Å². The van der Waals surface area contributed by atoms with E-state index in [2.05, 4.69) is 338 Å². The molecule has 0 amide bonds. The number of fused-ring (bicyclic) bond motifs is 26. The number of aromatic nitrogens is 6. The van der Waals surface area contributed by atoms with Gasteiger partial charge in [-0.3, -0.25) is 9.13 Å². The van der Waals surface area contributed by atoms with Crippen LogP contribution in [0.2, 0.25) is 13.1 Å². The Bertz CT molecular complexity index is 7900. The Morgan fingerprint density at radius 3 is 1.31 bits per heavy atom. The molecule has 0 bridgehead atoms. The summed E-state index contributed by atoms with van der Waals surface area (Å²) in [5.74, 6) is 1.28. The molecule has 6 nitrogen and oxygen atoms in total. The average Bonchev–Trinajstić information content (AvgIpc) is 1.57. The molecule has 0 saturated carbocycles. The fourth-order valence-corrected chi connectivity index (χ4v) is 25.7. The smallest absolute Gasteiger partial charge is 0.235 e. The van der Waals surface area contributed by atoms with Crippen molar-refractivity contribution < 1.29 is 0 Å². The molecule has 16 aromatic carbocycles. The Morgan fingerprint density at radius 1 is 0.269 bits per heavy atom. The second kappa shape index (κ2) is 22.6. The first-order chi connectivity index (χ1) is 53.3. The first-order valence-corrected chi connectivity index (χ1v) is 42.3. The van der Waals surface area contributed by atoms with E-state index in [1.165, 1.54) is 148 Å². The monoisotopic (exact) mass is 1440 g/mol. The normalized spacial score (nSPS) is 13.0. The summed E-state index contributed by atoms with van der Waals surface area (Å²) in [7, 11) is -2.32. The summed E-state index contributed by atoms with van der Waals surface area (Å²) in [4.78, 5) is 22.7. The highest BCUT2D eigenvalue weighted by Gasteiger charge is 2.40. The molecule has 1 aliphatic rings. The average molecular weight is 1440 g/mol. The fourth-order valence-electron chi connectivity index (χ4n) is 18.5. The predicted octanol–water partition coefficient (Wildman–Crippen LogP) is 26.3. The van der Waals surface area contributed by atoms with Gasteiger partial charge in [0.15, 0.2) is 0 Å². The van der Waals surface area contributed by atoms with Crippen LogP contribution in [0.5, 0.6) is 0 Å². The van der Waals surface area contributed by atoms with E-state index in [1.807, 2.05) is 34.0 Å². The molecule has 0 radical (unpaired) electrons. The van der Waals surface area contributed by atoms with Crippen LogP contribution in [0.3, 0.4) is 0 Å². The maximum Gasteiger partial charge on any atom is 0.235 e. The highest BCUT2D eigenvalue weighted by Crippen LogP contribution is 2.51. The molecule has 0 atom stereocenters. The number of hydrogen-bond donors (Lipinski definition) is 0. The zero-order valence-electron chi connectivity index (χ0n) is 58.4. The second-order valence-corrected chi connectivity index (χ2v) is 36.9. The molecule has 0 unspecified atom stereocenters. The summed E-state index contributed by atoms with van der Waals surface area (Å²) in [5.41, 5.74) is 19.8. The molecule has 8 heterocycles. The maximum absolute atomic E-state index is 5.78. The number of thiophene rings is 3. The summed E-state index contributed by atoms with van der Waals surface area (Å²) >= 11 is 5.62. The van der Waals surface area contributed by atoms with Gasteiger partial charge in [-0.15, -0.1) is 34.0 Å². The van der Waals surface area contributed by atoms with Gasteiger partial charge < -0.3 is 0 Å². The van der Waals surface area contributed by atoms with E-state index < -0.39 is 8.07 Å². The molecule has 108 heavy (non-hydrogen) atoms. The van der Waals surface area contributed by atoms with Crippen LogP contribution in [0.15, 0.2) is 315 Å². The van der Waals surface area contributed by atoms with Gasteiger partial charge in [-0.05, 0) is 126 Å². The van der Waals surface area contributed by atoms with E-state index in [9.17, 15) is 0 Å². The van der Waals surface area contributed by atoms with Crippen LogP contribution >= 0.6 is 34.0 Å². The van der Waals surface area contributed by atoms with Crippen molar-refractivity contribution in [2.24, 2.45) is 0 Å². The van der Waals surface area contributed by atoms with E-state index >= 15 is 0 Å². The van der Waals surface area contributed by atoms with Gasteiger partial charge in [0.05, 0.1) is 44.5 Å². The van der Waals surface area contributed by atoms with Crippen molar-refractivity contribution >= 4 is 200 Å². The third kappa shape index (κ3) is 8.56. The molecule has 0 saturated heterocycles. The zero-order valence-corrected chi connectivity index (χ0v) is 61.9. The van der Waals surface area contributed by atoms with E-state index in [-0.39, 0.29) is 0 Å². The summed E-state index contributed by atoms with van der Waals surface area (Å²) in [6.07, 6.45) is 0. The molecule has 0 aliphatic carbocycles. The van der Waals surface area contributed by atoms with Gasteiger partial charge >= 0.3 is 0 Å². The first-order valence-electron chi connectivity index (χ1n) is 36.8. The summed E-state index contributed by atoms with van der Waals surface area (Å²) in [6.45, 7) is 5.09. The standard InChI is InChI=1S/C98H58N6S3Si/c1-108(2)86-37-18-10-25-67(86)78-53-60(52-76(96(78)108)56-40-44-59(45-41-56)90-73-26-3-11-30-79(73)99-97(101-90)103-81-32-13-5-20-62(81)69-48-46-57-47-49-71-65-23-8-16-35-84(65)106-94(71)87(57)91(69)103)75-54-77-63-21-6-14-33-82(63)104(92(77)88-68(75)50-51-72-66-24-9-17-36-85(66)107-95(72)88)98-100-80-31-12-4-27-74(80)89(102-98)58-42-38-55(39-43-58)61-28-19-29-70-64-22-7-15-34-83(64)105-93(61)70/h3-54H,1-2H3. The van der Waals surface area contributed by atoms with Crippen molar-refractivity contribution in [2.75, 3.05) is 0 Å². The van der Waals surface area contributed by atoms with E-state index in [1.54, 1.807) is 0 Å². The minimum atomic E-state index is -2.32. The minimum Gasteiger partial charge on any atom is -0.277 e. The van der Waals surface area contributed by atoms with Crippen molar-refractivity contribution in [1.82, 2.24) is 29.1 Å². The number of benzene rings is 16. The van der Waals surface area contributed by atoms with Gasteiger partial charge in [0, 0.05) is 115 Å². The Morgan fingerprint density at radius 2 is 0.694 bits per heavy atom. The molecular weight excluding hydrogens is 1390 g/mol. The lowest BCUT2D eigenvalue weighted by Crippen LogP contribution is -2.50. The topological polar surface area (TPSA) is 61.4 Å². The number of nitrogens with zero attached hydrogens (tertiary/aromatic N) is 6. The number of hydrogen-bond acceptors (Lipinski definition) is 7. The maximum atomic E-state index is 5.78. The van der Waals surface area contributed by atoms with Gasteiger partial charge in [-0.1, -0.05) is 268 Å². The lowest BCUT2D eigenvalue weighted by atomic mass is 9.89. The van der Waals surface area contributed by atoms with Crippen molar-refractivity contribution in [3.05, 3.63) is 315 Å². The summed E-state index contributed by atoms with van der Waals surface area (Å²) < 4.78 is 12.4. The number of para-hydroxylation sites is 4. The van der Waals surface area contributed by atoms with Crippen molar-refractivity contribution in [2.45, 2.75) is 13.1 Å². The molecular formula is C98H58N6S3Si. The van der Waals surface area contributed by atoms with E-state index in [4.69, 9.17) is 19.9 Å². The van der Waals surface area contributed by atoms with Gasteiger partial charge in [0.1, 0.15) is 8.07 Å². The highest BCUT2D eigenvalue weighted by molar-refractivity contribution is 7.27. The quantitative estimate of drug-likeness (QED) is 0.149. The van der Waals surface area contributed by atoms with Crippen LogP contribution in [0.1, 0.15) is 0 Å². The lowest BCUT2D eigenvalue weighted by molar-refractivity contribution is 1.02. The largest absolute Gasteiger partial charge is 0.277 e. The third-order valence-electron chi connectivity index (χ3n) is 23.3. The van der Waals surface area contributed by atoms with Crippen LogP contribution in [0, 0.1) is 0 Å². The minimum absolute atomic E-state index is 0.633. The zero-order chi connectivity index (χ0) is 70.8. The third-order valence-corrected chi connectivity index (χ3v) is 30.5. The molecule has 502 valence electrons. The van der Waals surface area contributed by atoms with Crippen molar-refractivity contribution in [1.29, 1.82) is 0 Å². The molecule has 0 fully saturated rings. The van der Waals surface area contributed by atoms with Crippen molar-refractivity contribution in [3.63, 3.8) is 0 Å². The van der Waals surface area contributed by atoms with Gasteiger partial charge in [0.25, 0.3) is 0 Å². The Balaban J connectivity index is 0.704. The van der Waals surface area contributed by atoms with E-state index in [0.29, 0.717) is 11.9 Å². The fraction of sp³-hybridized carbons (Fsp3) is 0.0204. The highest BCUT2D eigenvalue weighted by atomic mass is 32.1. The Hall–Kier alpha value is -12.8. The van der Waals surface area contributed by atoms with Crippen LogP contribution in [-0.4, -0.2) is 37.1 Å². The molecule has 23 aromatic rings. The Labute approximate surface area is 631 Å². The van der Waals surface area contributed by atoms with Gasteiger partial charge in [-0.2, -0.15) is 0 Å². The Kier molecular flexibility index (Phi) is 12.7. The van der Waals surface area contributed by atoms with Crippen molar-refractivity contribution in [3.8, 4) is 78.9 Å². The predicted molar refractivity (Wildman–Crippen MR) is 464 cm³/mol. The SMILES string of the molecule is C[Si]1(C)c2ccccc2-c2cc(-c3cc4c5ccccc5n(-c5nc(-c6ccc(-c7cccc8c7sc7ccccc78)cc6)c6ccccc6n5)c4c4c3ccc3c5ccccc5sc34)cc(-c3ccc(-c4nc(-n5c6ccccc6c6ccc7ccc8c9ccccc9sc8c7c65)nc5ccccc45)cc3)c21. The van der Waals surface area contributed by atoms with Crippen LogP contribution in [0.4, 0.5) is 0 Å². The van der Waals surface area contributed by atoms with Crippen LogP contribution in [-0.2, 0) is 0 Å². The molecule has 7 aromatic heterocycles. The molecule has 0 spiro atoms. The molecule has 1 aliphatic heterocycles. The lowest BCUT2D eigenvalue weighted by Gasteiger charge is -2.24.